The minimum Gasteiger partial charge on any atom is -0.507 e. The average Bonchev–Trinajstić information content (AvgIpc) is 3.14. The van der Waals surface area contributed by atoms with Crippen molar-refractivity contribution in [2.75, 3.05) is 18.6 Å². The van der Waals surface area contributed by atoms with Crippen molar-refractivity contribution >= 4 is 23.1 Å². The van der Waals surface area contributed by atoms with E-state index in [0.29, 0.717) is 40.8 Å². The molecule has 0 aliphatic carbocycles. The maximum Gasteiger partial charge on any atom is 0.300 e. The number of nitrogens with zero attached hydrogens (tertiary/aromatic N) is 1. The summed E-state index contributed by atoms with van der Waals surface area (Å²) in [6.45, 7) is 10.4. The molecular weight excluding hydrogens is 466 g/mol. The number of benzene rings is 3. The van der Waals surface area contributed by atoms with Gasteiger partial charge in [-0.3, -0.25) is 14.5 Å². The summed E-state index contributed by atoms with van der Waals surface area (Å²) in [7, 11) is 1.52. The van der Waals surface area contributed by atoms with Crippen molar-refractivity contribution in [1.82, 2.24) is 0 Å². The number of anilines is 1. The summed E-state index contributed by atoms with van der Waals surface area (Å²) in [5.41, 5.74) is 4.50. The van der Waals surface area contributed by atoms with E-state index in [-0.39, 0.29) is 11.3 Å². The van der Waals surface area contributed by atoms with E-state index in [2.05, 4.69) is 13.8 Å². The maximum absolute atomic E-state index is 13.5. The van der Waals surface area contributed by atoms with Gasteiger partial charge in [0, 0.05) is 5.69 Å². The minimum absolute atomic E-state index is 0.0189. The first kappa shape index (κ1) is 26.0. The second kappa shape index (κ2) is 10.5. The fraction of sp³-hybridized carbons (Fsp3) is 0.290. The Bertz CT molecular complexity index is 1350. The van der Waals surface area contributed by atoms with Gasteiger partial charge in [-0.1, -0.05) is 44.2 Å². The first-order valence-corrected chi connectivity index (χ1v) is 12.5. The number of aryl methyl sites for hydroxylation is 2. The molecule has 0 radical (unpaired) electrons. The SMILES string of the molecule is CCOc1ccc(C2/C(=C(\O)c3cc(C)cc(C)c3OC)C(=O)C(=O)N2c2ccc(C(C)C)cc2)cc1. The zero-order chi connectivity index (χ0) is 26.9. The number of Topliss-reactive ketones (excluding diaryl/α,β-unsaturated/α-hetero) is 1. The fourth-order valence-electron chi connectivity index (χ4n) is 4.89. The van der Waals surface area contributed by atoms with Crippen molar-refractivity contribution in [1.29, 1.82) is 0 Å². The number of hydrogen-bond donors (Lipinski definition) is 1. The Labute approximate surface area is 218 Å². The topological polar surface area (TPSA) is 76.1 Å². The zero-order valence-electron chi connectivity index (χ0n) is 22.2. The van der Waals surface area contributed by atoms with E-state index >= 15 is 0 Å². The molecule has 192 valence electrons. The van der Waals surface area contributed by atoms with Crippen molar-refractivity contribution in [3.8, 4) is 11.5 Å². The van der Waals surface area contributed by atoms with Crippen LogP contribution in [0.15, 0.2) is 66.2 Å². The third kappa shape index (κ3) is 4.84. The van der Waals surface area contributed by atoms with Gasteiger partial charge in [-0.05, 0) is 79.3 Å². The van der Waals surface area contributed by atoms with E-state index in [1.807, 2.05) is 63.2 Å². The third-order valence-electron chi connectivity index (χ3n) is 6.67. The summed E-state index contributed by atoms with van der Waals surface area (Å²) < 4.78 is 11.2. The number of ketones is 1. The highest BCUT2D eigenvalue weighted by molar-refractivity contribution is 6.51. The molecule has 1 atom stereocenters. The van der Waals surface area contributed by atoms with Crippen LogP contribution in [0.2, 0.25) is 0 Å². The first-order chi connectivity index (χ1) is 17.7. The number of ether oxygens (including phenoxy) is 2. The van der Waals surface area contributed by atoms with Crippen LogP contribution in [0.3, 0.4) is 0 Å². The molecular formula is C31H33NO5. The summed E-state index contributed by atoms with van der Waals surface area (Å²) in [6, 6.07) is 17.7. The molecule has 1 aliphatic heterocycles. The number of carbonyl (C=O) groups excluding carboxylic acids is 2. The van der Waals surface area contributed by atoms with E-state index in [0.717, 1.165) is 16.7 Å². The molecule has 0 aromatic heterocycles. The average molecular weight is 500 g/mol. The lowest BCUT2D eigenvalue weighted by Crippen LogP contribution is -2.29. The molecule has 0 saturated carbocycles. The first-order valence-electron chi connectivity index (χ1n) is 12.5. The Kier molecular flexibility index (Phi) is 7.39. The Morgan fingerprint density at radius 3 is 2.22 bits per heavy atom. The van der Waals surface area contributed by atoms with Gasteiger partial charge in [0.2, 0.25) is 0 Å². The van der Waals surface area contributed by atoms with Crippen molar-refractivity contribution in [3.63, 3.8) is 0 Å². The van der Waals surface area contributed by atoms with Gasteiger partial charge in [-0.15, -0.1) is 0 Å². The molecule has 1 unspecified atom stereocenters. The van der Waals surface area contributed by atoms with Crippen molar-refractivity contribution in [2.24, 2.45) is 0 Å². The Morgan fingerprint density at radius 1 is 1.00 bits per heavy atom. The highest BCUT2D eigenvalue weighted by Gasteiger charge is 2.47. The summed E-state index contributed by atoms with van der Waals surface area (Å²) in [6.07, 6.45) is 0. The van der Waals surface area contributed by atoms with Crippen LogP contribution < -0.4 is 14.4 Å². The molecule has 0 bridgehead atoms. The molecule has 1 aliphatic rings. The van der Waals surface area contributed by atoms with Gasteiger partial charge in [0.05, 0.1) is 30.9 Å². The van der Waals surface area contributed by atoms with E-state index < -0.39 is 17.7 Å². The van der Waals surface area contributed by atoms with Crippen LogP contribution in [-0.2, 0) is 9.59 Å². The Hall–Kier alpha value is -4.06. The zero-order valence-corrected chi connectivity index (χ0v) is 22.2. The molecule has 1 N–H and O–H groups in total. The number of amides is 1. The molecule has 0 spiro atoms. The van der Waals surface area contributed by atoms with Gasteiger partial charge < -0.3 is 14.6 Å². The van der Waals surface area contributed by atoms with Crippen LogP contribution in [0.25, 0.3) is 5.76 Å². The lowest BCUT2D eigenvalue weighted by atomic mass is 9.93. The monoisotopic (exact) mass is 499 g/mol. The number of aliphatic hydroxyl groups excluding tert-OH is 1. The number of aliphatic hydroxyl groups is 1. The van der Waals surface area contributed by atoms with Gasteiger partial charge in [0.25, 0.3) is 11.7 Å². The predicted octanol–water partition coefficient (Wildman–Crippen LogP) is 6.46. The number of methoxy groups -OCH3 is 1. The number of carbonyl (C=O) groups is 2. The predicted molar refractivity (Wildman–Crippen MR) is 145 cm³/mol. The van der Waals surface area contributed by atoms with Crippen molar-refractivity contribution in [2.45, 2.75) is 46.6 Å². The minimum atomic E-state index is -0.828. The molecule has 3 aromatic rings. The maximum atomic E-state index is 13.5. The summed E-state index contributed by atoms with van der Waals surface area (Å²) in [4.78, 5) is 28.5. The normalized spacial score (nSPS) is 16.9. The number of hydrogen-bond acceptors (Lipinski definition) is 5. The Morgan fingerprint density at radius 2 is 1.65 bits per heavy atom. The highest BCUT2D eigenvalue weighted by atomic mass is 16.5. The quantitative estimate of drug-likeness (QED) is 0.229. The van der Waals surface area contributed by atoms with Crippen LogP contribution >= 0.6 is 0 Å². The van der Waals surface area contributed by atoms with Crippen LogP contribution in [0, 0.1) is 13.8 Å². The smallest absolute Gasteiger partial charge is 0.300 e. The van der Waals surface area contributed by atoms with Crippen LogP contribution in [0.1, 0.15) is 60.5 Å². The number of rotatable bonds is 7. The second-order valence-electron chi connectivity index (χ2n) is 9.58. The molecule has 6 nitrogen and oxygen atoms in total. The fourth-order valence-corrected chi connectivity index (χ4v) is 4.89. The van der Waals surface area contributed by atoms with E-state index in [1.165, 1.54) is 12.0 Å². The molecule has 1 amide bonds. The van der Waals surface area contributed by atoms with E-state index in [4.69, 9.17) is 9.47 Å². The van der Waals surface area contributed by atoms with E-state index in [1.54, 1.807) is 18.2 Å². The van der Waals surface area contributed by atoms with Crippen molar-refractivity contribution < 1.29 is 24.2 Å². The van der Waals surface area contributed by atoms with Gasteiger partial charge in [-0.25, -0.2) is 0 Å². The van der Waals surface area contributed by atoms with Gasteiger partial charge in [0.15, 0.2) is 0 Å². The van der Waals surface area contributed by atoms with Crippen LogP contribution in [0.4, 0.5) is 5.69 Å². The lowest BCUT2D eigenvalue weighted by Gasteiger charge is -2.26. The highest BCUT2D eigenvalue weighted by Crippen LogP contribution is 2.44. The molecule has 1 heterocycles. The lowest BCUT2D eigenvalue weighted by molar-refractivity contribution is -0.132. The second-order valence-corrected chi connectivity index (χ2v) is 9.58. The molecule has 3 aromatic carbocycles. The van der Waals surface area contributed by atoms with Crippen molar-refractivity contribution in [3.05, 3.63) is 94.1 Å². The largest absolute Gasteiger partial charge is 0.507 e. The standard InChI is InChI=1S/C31H33NO5/c1-7-37-24-14-10-22(11-15-24)27-26(28(33)25-17-19(4)16-20(5)30(25)36-6)29(34)31(35)32(27)23-12-8-21(9-13-23)18(2)3/h8-18,27,33H,7H2,1-6H3/b28-26+. The molecule has 1 saturated heterocycles. The Balaban J connectivity index is 1.95. The molecule has 6 heteroatoms. The molecule has 37 heavy (non-hydrogen) atoms. The third-order valence-corrected chi connectivity index (χ3v) is 6.67. The van der Waals surface area contributed by atoms with Crippen LogP contribution in [0.5, 0.6) is 11.5 Å². The summed E-state index contributed by atoms with van der Waals surface area (Å²) >= 11 is 0. The molecule has 1 fully saturated rings. The summed E-state index contributed by atoms with van der Waals surface area (Å²) in [5, 5.41) is 11.6. The van der Waals surface area contributed by atoms with Gasteiger partial charge >= 0.3 is 0 Å². The van der Waals surface area contributed by atoms with Crippen LogP contribution in [-0.4, -0.2) is 30.5 Å². The van der Waals surface area contributed by atoms with Gasteiger partial charge in [-0.2, -0.15) is 0 Å². The summed E-state index contributed by atoms with van der Waals surface area (Å²) in [5.74, 6) is -0.237. The van der Waals surface area contributed by atoms with E-state index in [9.17, 15) is 14.7 Å². The van der Waals surface area contributed by atoms with Gasteiger partial charge in [0.1, 0.15) is 17.3 Å². The molecule has 4 rings (SSSR count).